The topological polar surface area (TPSA) is 39.9 Å². The summed E-state index contributed by atoms with van der Waals surface area (Å²) in [6, 6.07) is 5.72. The molecule has 0 amide bonds. The van der Waals surface area contributed by atoms with Crippen LogP contribution in [-0.4, -0.2) is 14.7 Å². The van der Waals surface area contributed by atoms with Gasteiger partial charge in [-0.1, -0.05) is 6.07 Å². The Kier molecular flexibility index (Phi) is 2.22. The fraction of sp³-hybridized carbons (Fsp3) is 0.111. The number of pyridine rings is 1. The smallest absolute Gasteiger partial charge is 0.157 e. The highest BCUT2D eigenvalue weighted by Crippen LogP contribution is 1.93. The van der Waals surface area contributed by atoms with Gasteiger partial charge in [0.1, 0.15) is 6.33 Å². The second-order valence-corrected chi connectivity index (χ2v) is 2.52. The predicted octanol–water partition coefficient (Wildman–Crippen LogP) is 0.907. The minimum absolute atomic E-state index is 0.456. The highest BCUT2D eigenvalue weighted by molar-refractivity contribution is 5.01. The first-order chi connectivity index (χ1) is 6.45. The molecular weight excluding hydrogens is 166 g/mol. The summed E-state index contributed by atoms with van der Waals surface area (Å²) in [7, 11) is 0. The molecule has 0 radical (unpaired) electrons. The summed E-state index contributed by atoms with van der Waals surface area (Å²) in [4.78, 5) is 13.3. The third kappa shape index (κ3) is 2.05. The van der Waals surface area contributed by atoms with E-state index in [1.54, 1.807) is 29.6 Å². The van der Waals surface area contributed by atoms with Gasteiger partial charge in [0.25, 0.3) is 0 Å². The molecule has 2 heterocycles. The van der Waals surface area contributed by atoms with Crippen LogP contribution in [0.4, 0.5) is 0 Å². The van der Waals surface area contributed by atoms with Crippen molar-refractivity contribution < 1.29 is 4.84 Å². The Bertz CT molecular complexity index is 344. The lowest BCUT2D eigenvalue weighted by atomic mass is 10.4. The van der Waals surface area contributed by atoms with Crippen LogP contribution in [0.3, 0.4) is 0 Å². The third-order valence-electron chi connectivity index (χ3n) is 1.57. The van der Waals surface area contributed by atoms with Gasteiger partial charge in [0.2, 0.25) is 0 Å². The Labute approximate surface area is 75.8 Å². The average Bonchev–Trinajstić information content (AvgIpc) is 2.69. The van der Waals surface area contributed by atoms with Crippen molar-refractivity contribution in [2.24, 2.45) is 0 Å². The van der Waals surface area contributed by atoms with Crippen molar-refractivity contribution in [1.29, 1.82) is 0 Å². The lowest BCUT2D eigenvalue weighted by Gasteiger charge is -2.03. The fourth-order valence-corrected chi connectivity index (χ4v) is 0.947. The molecule has 66 valence electrons. The Morgan fingerprint density at radius 1 is 1.31 bits per heavy atom. The first-order valence-corrected chi connectivity index (χ1v) is 3.96. The van der Waals surface area contributed by atoms with Crippen molar-refractivity contribution in [3.8, 4) is 0 Å². The molecule has 4 nitrogen and oxygen atoms in total. The molecule has 0 saturated carbocycles. The lowest BCUT2D eigenvalue weighted by molar-refractivity contribution is 0.0946. The first-order valence-electron chi connectivity index (χ1n) is 3.96. The van der Waals surface area contributed by atoms with Gasteiger partial charge < -0.3 is 4.84 Å². The number of hydrogen-bond donors (Lipinski definition) is 0. The molecule has 0 fully saturated rings. The molecule has 2 aromatic rings. The highest BCUT2D eigenvalue weighted by atomic mass is 16.7. The monoisotopic (exact) mass is 175 g/mol. The van der Waals surface area contributed by atoms with Gasteiger partial charge in [-0.05, 0) is 12.1 Å². The standard InChI is InChI=1S/C9H9N3O/c1-2-4-11-9(3-1)7-13-12-6-5-10-8-12/h1-6,8H,7H2. The minimum atomic E-state index is 0.456. The van der Waals surface area contributed by atoms with E-state index in [0.717, 1.165) is 5.69 Å². The summed E-state index contributed by atoms with van der Waals surface area (Å²) in [6.45, 7) is 0.456. The molecule has 2 rings (SSSR count). The van der Waals surface area contributed by atoms with Crippen LogP contribution in [0, 0.1) is 0 Å². The lowest BCUT2D eigenvalue weighted by Crippen LogP contribution is -2.09. The maximum Gasteiger partial charge on any atom is 0.157 e. The second-order valence-electron chi connectivity index (χ2n) is 2.52. The highest BCUT2D eigenvalue weighted by Gasteiger charge is 1.93. The average molecular weight is 175 g/mol. The van der Waals surface area contributed by atoms with Gasteiger partial charge in [0.05, 0.1) is 11.9 Å². The summed E-state index contributed by atoms with van der Waals surface area (Å²) in [6.07, 6.45) is 6.75. The van der Waals surface area contributed by atoms with Gasteiger partial charge in [-0.3, -0.25) is 4.98 Å². The molecule has 4 heteroatoms. The van der Waals surface area contributed by atoms with Crippen LogP contribution in [0.15, 0.2) is 43.1 Å². The van der Waals surface area contributed by atoms with Crippen molar-refractivity contribution in [2.45, 2.75) is 6.61 Å². The van der Waals surface area contributed by atoms with Crippen LogP contribution in [0.2, 0.25) is 0 Å². The largest absolute Gasteiger partial charge is 0.406 e. The Balaban J connectivity index is 1.94. The Morgan fingerprint density at radius 3 is 3.00 bits per heavy atom. The molecule has 2 aromatic heterocycles. The summed E-state index contributed by atoms with van der Waals surface area (Å²) >= 11 is 0. The van der Waals surface area contributed by atoms with Gasteiger partial charge in [0, 0.05) is 12.4 Å². The van der Waals surface area contributed by atoms with E-state index in [9.17, 15) is 0 Å². The summed E-state index contributed by atoms with van der Waals surface area (Å²) in [5.41, 5.74) is 0.899. The van der Waals surface area contributed by atoms with Gasteiger partial charge in [-0.15, -0.1) is 0 Å². The van der Waals surface area contributed by atoms with E-state index in [4.69, 9.17) is 4.84 Å². The van der Waals surface area contributed by atoms with Crippen molar-refractivity contribution in [3.05, 3.63) is 48.8 Å². The summed E-state index contributed by atoms with van der Waals surface area (Å²) in [5.74, 6) is 0. The molecule has 0 aliphatic heterocycles. The molecule has 0 unspecified atom stereocenters. The van der Waals surface area contributed by atoms with Gasteiger partial charge in [-0.25, -0.2) is 4.98 Å². The number of imidazole rings is 1. The fourth-order valence-electron chi connectivity index (χ4n) is 0.947. The normalized spacial score (nSPS) is 9.85. The minimum Gasteiger partial charge on any atom is -0.406 e. The Hall–Kier alpha value is -1.84. The zero-order valence-electron chi connectivity index (χ0n) is 7.00. The molecule has 0 saturated heterocycles. The van der Waals surface area contributed by atoms with E-state index in [0.29, 0.717) is 6.61 Å². The molecular formula is C9H9N3O. The quantitative estimate of drug-likeness (QED) is 0.696. The van der Waals surface area contributed by atoms with Crippen LogP contribution in [0.25, 0.3) is 0 Å². The zero-order valence-corrected chi connectivity index (χ0v) is 7.00. The van der Waals surface area contributed by atoms with E-state index in [2.05, 4.69) is 9.97 Å². The van der Waals surface area contributed by atoms with E-state index in [1.807, 2.05) is 18.2 Å². The molecule has 0 atom stereocenters. The third-order valence-corrected chi connectivity index (χ3v) is 1.57. The molecule has 0 aliphatic rings. The van der Waals surface area contributed by atoms with E-state index in [1.165, 1.54) is 0 Å². The zero-order chi connectivity index (χ0) is 8.93. The van der Waals surface area contributed by atoms with Crippen LogP contribution < -0.4 is 4.84 Å². The maximum absolute atomic E-state index is 5.32. The molecule has 13 heavy (non-hydrogen) atoms. The van der Waals surface area contributed by atoms with Crippen LogP contribution >= 0.6 is 0 Å². The van der Waals surface area contributed by atoms with E-state index < -0.39 is 0 Å². The second kappa shape index (κ2) is 3.71. The van der Waals surface area contributed by atoms with Crippen molar-refractivity contribution in [2.75, 3.05) is 0 Å². The van der Waals surface area contributed by atoms with E-state index >= 15 is 0 Å². The SMILES string of the molecule is c1ccc(COn2ccnc2)nc1. The van der Waals surface area contributed by atoms with Gasteiger partial charge in [0.15, 0.2) is 6.61 Å². The van der Waals surface area contributed by atoms with Crippen LogP contribution in [0.5, 0.6) is 0 Å². The van der Waals surface area contributed by atoms with Crippen LogP contribution in [0.1, 0.15) is 5.69 Å². The molecule has 0 aromatic carbocycles. The molecule has 0 aliphatic carbocycles. The molecule has 0 bridgehead atoms. The van der Waals surface area contributed by atoms with Crippen molar-refractivity contribution in [1.82, 2.24) is 14.7 Å². The van der Waals surface area contributed by atoms with Gasteiger partial charge >= 0.3 is 0 Å². The number of nitrogens with zero attached hydrogens (tertiary/aromatic N) is 3. The summed E-state index contributed by atoms with van der Waals surface area (Å²) in [5, 5.41) is 0. The summed E-state index contributed by atoms with van der Waals surface area (Å²) < 4.78 is 1.55. The molecule has 0 spiro atoms. The van der Waals surface area contributed by atoms with E-state index in [-0.39, 0.29) is 0 Å². The predicted molar refractivity (Wildman–Crippen MR) is 46.7 cm³/mol. The van der Waals surface area contributed by atoms with Crippen molar-refractivity contribution >= 4 is 0 Å². The number of hydrogen-bond acceptors (Lipinski definition) is 3. The first kappa shape index (κ1) is 7.79. The maximum atomic E-state index is 5.32. The Morgan fingerprint density at radius 2 is 2.31 bits per heavy atom. The van der Waals surface area contributed by atoms with Crippen molar-refractivity contribution in [3.63, 3.8) is 0 Å². The number of aromatic nitrogens is 3. The number of rotatable bonds is 3. The van der Waals surface area contributed by atoms with Gasteiger partial charge in [-0.2, -0.15) is 4.73 Å². The molecule has 0 N–H and O–H groups in total. The van der Waals surface area contributed by atoms with Crippen LogP contribution in [-0.2, 0) is 6.61 Å².